The third-order valence-corrected chi connectivity index (χ3v) is 5.73. The van der Waals surface area contributed by atoms with Gasteiger partial charge in [0.1, 0.15) is 5.82 Å². The summed E-state index contributed by atoms with van der Waals surface area (Å²) in [7, 11) is 0. The Morgan fingerprint density at radius 2 is 1.87 bits per heavy atom. The number of nitrogens with zero attached hydrogens (tertiary/aromatic N) is 1. The minimum Gasteiger partial charge on any atom is -0.490 e. The van der Waals surface area contributed by atoms with Crippen LogP contribution in [-0.4, -0.2) is 31.6 Å². The monoisotopic (exact) mass is 426 g/mol. The van der Waals surface area contributed by atoms with Crippen molar-refractivity contribution in [3.63, 3.8) is 0 Å². The Labute approximate surface area is 181 Å². The van der Waals surface area contributed by atoms with Crippen LogP contribution in [0.2, 0.25) is 0 Å². The molecule has 2 aromatic carbocycles. The third kappa shape index (κ3) is 4.50. The lowest BCUT2D eigenvalue weighted by molar-refractivity contribution is -0.127. The molecule has 0 aliphatic carbocycles. The number of amides is 2. The van der Waals surface area contributed by atoms with Gasteiger partial charge in [-0.15, -0.1) is 0 Å². The first-order chi connectivity index (χ1) is 14.9. The van der Waals surface area contributed by atoms with Crippen LogP contribution in [0.15, 0.2) is 42.5 Å². The first-order valence-corrected chi connectivity index (χ1v) is 10.7. The summed E-state index contributed by atoms with van der Waals surface area (Å²) in [4.78, 5) is 26.9. The Morgan fingerprint density at radius 3 is 2.61 bits per heavy atom. The summed E-state index contributed by atoms with van der Waals surface area (Å²) in [5.41, 5.74) is 1.13. The number of carbonyl (C=O) groups is 2. The summed E-state index contributed by atoms with van der Waals surface area (Å²) in [5, 5.41) is 3.10. The Kier molecular flexibility index (Phi) is 6.11. The summed E-state index contributed by atoms with van der Waals surface area (Å²) in [6.07, 6.45) is 0.884. The van der Waals surface area contributed by atoms with Crippen LogP contribution in [0.4, 0.5) is 10.1 Å². The van der Waals surface area contributed by atoms with E-state index >= 15 is 0 Å². The fourth-order valence-corrected chi connectivity index (χ4v) is 4.07. The molecule has 31 heavy (non-hydrogen) atoms. The van der Waals surface area contributed by atoms with E-state index in [0.29, 0.717) is 24.7 Å². The average molecular weight is 426 g/mol. The molecule has 164 valence electrons. The van der Waals surface area contributed by atoms with Crippen molar-refractivity contribution < 1.29 is 23.5 Å². The number of anilines is 1. The first kappa shape index (κ1) is 21.2. The second-order valence-corrected chi connectivity index (χ2v) is 8.34. The van der Waals surface area contributed by atoms with Crippen molar-refractivity contribution in [2.75, 3.05) is 24.7 Å². The largest absolute Gasteiger partial charge is 0.490 e. The number of halogens is 1. The molecule has 2 amide bonds. The third-order valence-electron chi connectivity index (χ3n) is 5.73. The summed E-state index contributed by atoms with van der Waals surface area (Å²) >= 11 is 0. The lowest BCUT2D eigenvalue weighted by Crippen LogP contribution is -2.37. The number of para-hydroxylation sites is 1. The average Bonchev–Trinajstić information content (AvgIpc) is 2.98. The van der Waals surface area contributed by atoms with Crippen molar-refractivity contribution in [3.8, 4) is 11.5 Å². The standard InChI is InChI=1S/C24H27FN2O4/c1-15(2)23(16-8-9-20-21(12-16)31-11-5-10-30-20)26-24(29)17-13-22(28)27(14-17)19-7-4-3-6-18(19)25/h3-4,6-9,12,15,17,23H,5,10-11,13-14H2,1-2H3,(H,26,29)/t17-,23-/m1/s1. The minimum atomic E-state index is -0.534. The van der Waals surface area contributed by atoms with Gasteiger partial charge in [0.05, 0.1) is 30.9 Å². The smallest absolute Gasteiger partial charge is 0.227 e. The maximum Gasteiger partial charge on any atom is 0.227 e. The molecule has 2 aliphatic rings. The Hall–Kier alpha value is -3.09. The summed E-state index contributed by atoms with van der Waals surface area (Å²) in [5.74, 6) is 0.0417. The van der Waals surface area contributed by atoms with E-state index < -0.39 is 11.7 Å². The molecule has 1 fully saturated rings. The summed E-state index contributed by atoms with van der Waals surface area (Å²) < 4.78 is 25.6. The molecule has 0 bridgehead atoms. The van der Waals surface area contributed by atoms with Gasteiger partial charge in [-0.3, -0.25) is 9.59 Å². The summed E-state index contributed by atoms with van der Waals surface area (Å²) in [6, 6.07) is 11.6. The minimum absolute atomic E-state index is 0.0616. The van der Waals surface area contributed by atoms with Gasteiger partial charge in [0, 0.05) is 19.4 Å². The molecule has 2 heterocycles. The van der Waals surface area contributed by atoms with E-state index in [1.165, 1.54) is 11.0 Å². The fraction of sp³-hybridized carbons (Fsp3) is 0.417. The van der Waals surface area contributed by atoms with Gasteiger partial charge in [-0.1, -0.05) is 32.0 Å². The Bertz CT molecular complexity index is 978. The maximum absolute atomic E-state index is 14.1. The van der Waals surface area contributed by atoms with Crippen molar-refractivity contribution in [1.29, 1.82) is 0 Å². The second kappa shape index (κ2) is 8.96. The number of benzene rings is 2. The molecule has 1 N–H and O–H groups in total. The lowest BCUT2D eigenvalue weighted by Gasteiger charge is -2.25. The van der Waals surface area contributed by atoms with Crippen LogP contribution in [0.1, 0.15) is 38.3 Å². The molecule has 1 saturated heterocycles. The Balaban J connectivity index is 1.49. The SMILES string of the molecule is CC(C)[C@@H](NC(=O)[C@@H]1CC(=O)N(c2ccccc2F)C1)c1ccc2c(c1)OCCCO2. The Morgan fingerprint density at radius 1 is 1.13 bits per heavy atom. The van der Waals surface area contributed by atoms with Crippen LogP contribution in [-0.2, 0) is 9.59 Å². The highest BCUT2D eigenvalue weighted by Gasteiger charge is 2.37. The highest BCUT2D eigenvalue weighted by Crippen LogP contribution is 2.35. The first-order valence-electron chi connectivity index (χ1n) is 10.7. The van der Waals surface area contributed by atoms with Crippen molar-refractivity contribution in [2.24, 2.45) is 11.8 Å². The molecular formula is C24H27FN2O4. The predicted octanol–water partition coefficient (Wildman–Crippen LogP) is 3.85. The fourth-order valence-electron chi connectivity index (χ4n) is 4.07. The summed E-state index contributed by atoms with van der Waals surface area (Å²) in [6.45, 7) is 5.42. The van der Waals surface area contributed by atoms with Crippen LogP contribution in [0, 0.1) is 17.7 Å². The van der Waals surface area contributed by atoms with Gasteiger partial charge < -0.3 is 19.7 Å². The number of hydrogen-bond donors (Lipinski definition) is 1. The quantitative estimate of drug-likeness (QED) is 0.789. The van der Waals surface area contributed by atoms with E-state index in [2.05, 4.69) is 5.32 Å². The molecular weight excluding hydrogens is 399 g/mol. The normalized spacial score (nSPS) is 19.3. The van der Waals surface area contributed by atoms with Crippen molar-refractivity contribution in [2.45, 2.75) is 32.7 Å². The zero-order chi connectivity index (χ0) is 22.0. The highest BCUT2D eigenvalue weighted by atomic mass is 19.1. The number of rotatable bonds is 5. The lowest BCUT2D eigenvalue weighted by atomic mass is 9.94. The van der Waals surface area contributed by atoms with Gasteiger partial charge in [-0.2, -0.15) is 0 Å². The molecule has 0 unspecified atom stereocenters. The van der Waals surface area contributed by atoms with E-state index in [9.17, 15) is 14.0 Å². The number of hydrogen-bond acceptors (Lipinski definition) is 4. The van der Waals surface area contributed by atoms with E-state index in [1.54, 1.807) is 18.2 Å². The van der Waals surface area contributed by atoms with Crippen LogP contribution >= 0.6 is 0 Å². The zero-order valence-electron chi connectivity index (χ0n) is 17.8. The van der Waals surface area contributed by atoms with Crippen LogP contribution < -0.4 is 19.7 Å². The number of ether oxygens (including phenoxy) is 2. The van der Waals surface area contributed by atoms with E-state index in [0.717, 1.165) is 12.0 Å². The topological polar surface area (TPSA) is 67.9 Å². The molecule has 7 heteroatoms. The van der Waals surface area contributed by atoms with Gasteiger partial charge in [0.25, 0.3) is 0 Å². The molecule has 6 nitrogen and oxygen atoms in total. The van der Waals surface area contributed by atoms with Crippen LogP contribution in [0.25, 0.3) is 0 Å². The van der Waals surface area contributed by atoms with Crippen LogP contribution in [0.3, 0.4) is 0 Å². The molecule has 4 rings (SSSR count). The number of fused-ring (bicyclic) bond motifs is 1. The molecule has 0 spiro atoms. The molecule has 2 aliphatic heterocycles. The van der Waals surface area contributed by atoms with E-state index in [4.69, 9.17) is 9.47 Å². The van der Waals surface area contributed by atoms with Gasteiger partial charge in [0.15, 0.2) is 11.5 Å². The van der Waals surface area contributed by atoms with E-state index in [1.807, 2.05) is 32.0 Å². The predicted molar refractivity (Wildman–Crippen MR) is 115 cm³/mol. The molecule has 0 aromatic heterocycles. The zero-order valence-corrected chi connectivity index (χ0v) is 17.8. The van der Waals surface area contributed by atoms with Gasteiger partial charge >= 0.3 is 0 Å². The van der Waals surface area contributed by atoms with Crippen LogP contribution in [0.5, 0.6) is 11.5 Å². The van der Waals surface area contributed by atoms with Gasteiger partial charge in [-0.25, -0.2) is 4.39 Å². The number of carbonyl (C=O) groups excluding carboxylic acids is 2. The van der Waals surface area contributed by atoms with Crippen molar-refractivity contribution >= 4 is 17.5 Å². The van der Waals surface area contributed by atoms with E-state index in [-0.39, 0.29) is 42.4 Å². The molecule has 2 atom stereocenters. The van der Waals surface area contributed by atoms with Gasteiger partial charge in [0.2, 0.25) is 11.8 Å². The molecule has 2 aromatic rings. The van der Waals surface area contributed by atoms with Crippen molar-refractivity contribution in [3.05, 3.63) is 53.8 Å². The van der Waals surface area contributed by atoms with Gasteiger partial charge in [-0.05, 0) is 35.7 Å². The molecule has 0 radical (unpaired) electrons. The second-order valence-electron chi connectivity index (χ2n) is 8.34. The number of nitrogens with one attached hydrogen (secondary N) is 1. The van der Waals surface area contributed by atoms with Crippen molar-refractivity contribution in [1.82, 2.24) is 5.32 Å². The maximum atomic E-state index is 14.1. The molecule has 0 saturated carbocycles. The highest BCUT2D eigenvalue weighted by molar-refractivity contribution is 6.00.